The minimum absolute atomic E-state index is 0.429. The van der Waals surface area contributed by atoms with Crippen LogP contribution >= 0.6 is 35.1 Å². The Morgan fingerprint density at radius 1 is 1.21 bits per heavy atom. The maximum Gasteiger partial charge on any atom is 0.412 e. The number of hydrogen-bond acceptors (Lipinski definition) is 6. The lowest BCUT2D eigenvalue weighted by Crippen LogP contribution is -2.17. The minimum Gasteiger partial charge on any atom is -0.441 e. The van der Waals surface area contributed by atoms with Crippen molar-refractivity contribution in [3.63, 3.8) is 0 Å². The van der Waals surface area contributed by atoms with E-state index in [1.165, 1.54) is 11.9 Å². The monoisotopic (exact) mass is 451 g/mol. The van der Waals surface area contributed by atoms with Crippen molar-refractivity contribution in [2.24, 2.45) is 0 Å². The smallest absolute Gasteiger partial charge is 0.412 e. The third-order valence-corrected chi connectivity index (χ3v) is 5.14. The summed E-state index contributed by atoms with van der Waals surface area (Å²) in [5.41, 5.74) is 3.39. The van der Waals surface area contributed by atoms with Crippen LogP contribution in [-0.2, 0) is 4.74 Å². The number of carbonyl (C=O) groups excluding carboxylic acids is 1. The molecule has 0 spiro atoms. The van der Waals surface area contributed by atoms with Crippen LogP contribution in [0.2, 0.25) is 10.0 Å². The molecule has 9 heteroatoms. The molecule has 3 rings (SSSR count). The average Bonchev–Trinajstić information content (AvgIpc) is 3.03. The molecular weight excluding hydrogens is 433 g/mol. The molecule has 29 heavy (non-hydrogen) atoms. The molecule has 3 aromatic rings. The average molecular weight is 452 g/mol. The van der Waals surface area contributed by atoms with Gasteiger partial charge in [-0.2, -0.15) is 0 Å². The molecule has 1 unspecified atom stereocenters. The zero-order valence-corrected chi connectivity index (χ0v) is 18.3. The first-order valence-electron chi connectivity index (χ1n) is 8.67. The van der Waals surface area contributed by atoms with Gasteiger partial charge in [0.15, 0.2) is 5.76 Å². The Balaban J connectivity index is 1.74. The van der Waals surface area contributed by atoms with Gasteiger partial charge in [0.05, 0.1) is 0 Å². The van der Waals surface area contributed by atoms with Crippen molar-refractivity contribution in [1.29, 1.82) is 0 Å². The zero-order valence-electron chi connectivity index (χ0n) is 16.0. The van der Waals surface area contributed by atoms with Gasteiger partial charge in [-0.05, 0) is 50.2 Å². The van der Waals surface area contributed by atoms with E-state index in [0.717, 1.165) is 11.3 Å². The first-order chi connectivity index (χ1) is 13.9. The van der Waals surface area contributed by atoms with E-state index in [1.54, 1.807) is 32.0 Å². The molecule has 1 atom stereocenters. The molecule has 0 saturated heterocycles. The Morgan fingerprint density at radius 2 is 1.93 bits per heavy atom. The number of nitrogens with one attached hydrogen (secondary N) is 2. The molecule has 0 aliphatic carbocycles. The van der Waals surface area contributed by atoms with Gasteiger partial charge in [0.25, 0.3) is 0 Å². The van der Waals surface area contributed by atoms with Crippen molar-refractivity contribution in [2.75, 3.05) is 16.3 Å². The molecule has 0 aliphatic rings. The highest BCUT2D eigenvalue weighted by molar-refractivity contribution is 7.99. The summed E-state index contributed by atoms with van der Waals surface area (Å²) in [5.74, 6) is 0.451. The molecule has 0 aliphatic heterocycles. The van der Waals surface area contributed by atoms with Crippen LogP contribution in [0.3, 0.4) is 0 Å². The van der Waals surface area contributed by atoms with E-state index in [2.05, 4.69) is 15.2 Å². The van der Waals surface area contributed by atoms with E-state index in [9.17, 15) is 4.79 Å². The Hall–Kier alpha value is -2.35. The van der Waals surface area contributed by atoms with Crippen molar-refractivity contribution >= 4 is 52.6 Å². The first-order valence-corrected chi connectivity index (χ1v) is 10.7. The Morgan fingerprint density at radius 3 is 2.59 bits per heavy atom. The van der Waals surface area contributed by atoms with Gasteiger partial charge in [-0.15, -0.1) is 0 Å². The summed E-state index contributed by atoms with van der Waals surface area (Å²) in [7, 11) is 0. The van der Waals surface area contributed by atoms with Crippen molar-refractivity contribution in [2.45, 2.75) is 20.0 Å². The van der Waals surface area contributed by atoms with Gasteiger partial charge in [0.1, 0.15) is 17.5 Å². The van der Waals surface area contributed by atoms with Crippen molar-refractivity contribution in [3.05, 3.63) is 63.8 Å². The third kappa shape index (κ3) is 5.18. The third-order valence-electron chi connectivity index (χ3n) is 4.14. The van der Waals surface area contributed by atoms with E-state index in [0.29, 0.717) is 32.8 Å². The number of amides is 1. The lowest BCUT2D eigenvalue weighted by Gasteiger charge is -2.15. The van der Waals surface area contributed by atoms with E-state index >= 15 is 0 Å². The summed E-state index contributed by atoms with van der Waals surface area (Å²) in [6.45, 7) is 3.47. The molecule has 0 bridgehead atoms. The fourth-order valence-electron chi connectivity index (χ4n) is 2.71. The van der Waals surface area contributed by atoms with Gasteiger partial charge >= 0.3 is 6.09 Å². The van der Waals surface area contributed by atoms with Crippen LogP contribution in [0.5, 0.6) is 0 Å². The van der Waals surface area contributed by atoms with Crippen LogP contribution in [0.25, 0.3) is 11.3 Å². The van der Waals surface area contributed by atoms with Gasteiger partial charge in [0.2, 0.25) is 0 Å². The molecule has 1 heterocycles. The first kappa shape index (κ1) is 21.4. The fraction of sp³-hybridized carbons (Fsp3) is 0.200. The number of anilines is 2. The maximum atomic E-state index is 12.5. The van der Waals surface area contributed by atoms with Crippen LogP contribution in [0.1, 0.15) is 24.3 Å². The second-order valence-electron chi connectivity index (χ2n) is 6.19. The van der Waals surface area contributed by atoms with E-state index in [1.807, 2.05) is 30.5 Å². The summed E-state index contributed by atoms with van der Waals surface area (Å²) >= 11 is 13.6. The summed E-state index contributed by atoms with van der Waals surface area (Å²) in [5, 5.41) is 7.63. The van der Waals surface area contributed by atoms with Crippen LogP contribution in [0, 0.1) is 6.92 Å². The summed E-state index contributed by atoms with van der Waals surface area (Å²) in [6, 6.07) is 12.6. The lowest BCUT2D eigenvalue weighted by molar-refractivity contribution is 0.121. The van der Waals surface area contributed by atoms with Gasteiger partial charge in [0, 0.05) is 33.1 Å². The van der Waals surface area contributed by atoms with Crippen molar-refractivity contribution in [1.82, 2.24) is 5.16 Å². The Kier molecular flexibility index (Phi) is 6.95. The van der Waals surface area contributed by atoms with Gasteiger partial charge in [-0.3, -0.25) is 5.32 Å². The molecule has 0 saturated carbocycles. The van der Waals surface area contributed by atoms with Crippen LogP contribution < -0.4 is 10.0 Å². The zero-order chi connectivity index (χ0) is 21.0. The number of benzene rings is 2. The van der Waals surface area contributed by atoms with Crippen LogP contribution in [-0.4, -0.2) is 17.5 Å². The van der Waals surface area contributed by atoms with E-state index in [4.69, 9.17) is 32.5 Å². The molecule has 2 N–H and O–H groups in total. The highest BCUT2D eigenvalue weighted by Crippen LogP contribution is 2.33. The number of carbonyl (C=O) groups is 1. The second-order valence-corrected chi connectivity index (χ2v) is 7.65. The summed E-state index contributed by atoms with van der Waals surface area (Å²) in [4.78, 5) is 12.5. The molecule has 6 nitrogen and oxygen atoms in total. The SMILES string of the molecule is CSNc1ccc(-c2onc(C)c2NC(=O)OC(C)c2ccc(Cl)cc2Cl)cc1. The fourth-order valence-corrected chi connectivity index (χ4v) is 3.64. The quantitative estimate of drug-likeness (QED) is 0.394. The topological polar surface area (TPSA) is 76.4 Å². The summed E-state index contributed by atoms with van der Waals surface area (Å²) < 4.78 is 14.0. The largest absolute Gasteiger partial charge is 0.441 e. The number of halogens is 2. The minimum atomic E-state index is -0.642. The standard InChI is InChI=1S/C20H19Cl2N3O3S/c1-11-18(19(28-24-11)13-4-7-15(8-5-13)25-29-3)23-20(26)27-12(2)16-9-6-14(21)10-17(16)22/h4-10,12,25H,1-3H3,(H,23,26). The Labute approximate surface area is 183 Å². The normalized spacial score (nSPS) is 11.8. The summed E-state index contributed by atoms with van der Waals surface area (Å²) in [6.07, 6.45) is 0.733. The van der Waals surface area contributed by atoms with Gasteiger partial charge < -0.3 is 14.0 Å². The molecule has 2 aromatic carbocycles. The van der Waals surface area contributed by atoms with Crippen molar-refractivity contribution < 1.29 is 14.1 Å². The molecule has 152 valence electrons. The molecule has 1 aromatic heterocycles. The molecule has 0 radical (unpaired) electrons. The second kappa shape index (κ2) is 9.43. The molecule has 0 fully saturated rings. The number of hydrogen-bond donors (Lipinski definition) is 2. The number of ether oxygens (including phenoxy) is 1. The number of aromatic nitrogens is 1. The Bertz CT molecular complexity index is 1010. The van der Waals surface area contributed by atoms with Gasteiger partial charge in [-0.1, -0.05) is 46.4 Å². The van der Waals surface area contributed by atoms with Gasteiger partial charge in [-0.25, -0.2) is 4.79 Å². The molecule has 1 amide bonds. The number of rotatable bonds is 6. The number of nitrogens with zero attached hydrogens (tertiary/aromatic N) is 1. The highest BCUT2D eigenvalue weighted by atomic mass is 35.5. The number of aryl methyl sites for hydroxylation is 1. The van der Waals surface area contributed by atoms with Crippen LogP contribution in [0.15, 0.2) is 47.0 Å². The highest BCUT2D eigenvalue weighted by Gasteiger charge is 2.20. The maximum absolute atomic E-state index is 12.5. The van der Waals surface area contributed by atoms with E-state index in [-0.39, 0.29) is 0 Å². The predicted octanol–water partition coefficient (Wildman–Crippen LogP) is 6.96. The van der Waals surface area contributed by atoms with E-state index < -0.39 is 12.2 Å². The van der Waals surface area contributed by atoms with Crippen molar-refractivity contribution in [3.8, 4) is 11.3 Å². The van der Waals surface area contributed by atoms with Crippen LogP contribution in [0.4, 0.5) is 16.2 Å². The lowest BCUT2D eigenvalue weighted by atomic mass is 10.1. The predicted molar refractivity (Wildman–Crippen MR) is 119 cm³/mol. The molecular formula is C20H19Cl2N3O3S.